The minimum atomic E-state index is -0.165. The Labute approximate surface area is 91.0 Å². The van der Waals surface area contributed by atoms with Gasteiger partial charge in [-0.3, -0.25) is 0 Å². The lowest BCUT2D eigenvalue weighted by Gasteiger charge is -2.03. The first-order valence-electron chi connectivity index (χ1n) is 5.25. The highest BCUT2D eigenvalue weighted by Gasteiger charge is 1.97. The molecule has 0 saturated carbocycles. The van der Waals surface area contributed by atoms with E-state index in [2.05, 4.69) is 19.2 Å². The Bertz CT molecular complexity index is 342. The molecule has 1 nitrogen and oxygen atoms in total. The van der Waals surface area contributed by atoms with Crippen molar-refractivity contribution >= 4 is 6.08 Å². The van der Waals surface area contributed by atoms with Crippen molar-refractivity contribution in [3.05, 3.63) is 41.2 Å². The van der Waals surface area contributed by atoms with Crippen LogP contribution < -0.4 is 5.32 Å². The van der Waals surface area contributed by atoms with Gasteiger partial charge >= 0.3 is 0 Å². The van der Waals surface area contributed by atoms with Crippen LogP contribution in [0.3, 0.4) is 0 Å². The van der Waals surface area contributed by atoms with Crippen LogP contribution in [0.2, 0.25) is 0 Å². The van der Waals surface area contributed by atoms with Gasteiger partial charge in [-0.2, -0.15) is 0 Å². The monoisotopic (exact) mass is 207 g/mol. The van der Waals surface area contributed by atoms with Gasteiger partial charge in [0.2, 0.25) is 0 Å². The third-order valence-corrected chi connectivity index (χ3v) is 2.09. The summed E-state index contributed by atoms with van der Waals surface area (Å²) >= 11 is 0. The van der Waals surface area contributed by atoms with Gasteiger partial charge in [0.1, 0.15) is 5.82 Å². The quantitative estimate of drug-likeness (QED) is 0.799. The summed E-state index contributed by atoms with van der Waals surface area (Å²) in [5, 5.41) is 3.24. The van der Waals surface area contributed by atoms with Crippen LogP contribution in [0.25, 0.3) is 6.08 Å². The summed E-state index contributed by atoms with van der Waals surface area (Å²) in [6.45, 7) is 6.90. The SMILES string of the molecule is Cc1ccc(F)c(/C=C/CNC(C)C)c1. The van der Waals surface area contributed by atoms with Crippen molar-refractivity contribution in [3.63, 3.8) is 0 Å². The number of nitrogens with one attached hydrogen (secondary N) is 1. The second-order valence-electron chi connectivity index (χ2n) is 3.99. The number of benzene rings is 1. The van der Waals surface area contributed by atoms with Crippen molar-refractivity contribution in [2.24, 2.45) is 0 Å². The average Bonchev–Trinajstić information content (AvgIpc) is 2.17. The van der Waals surface area contributed by atoms with E-state index in [1.807, 2.05) is 25.1 Å². The topological polar surface area (TPSA) is 12.0 Å². The molecule has 0 bridgehead atoms. The maximum Gasteiger partial charge on any atom is 0.130 e. The third-order valence-electron chi connectivity index (χ3n) is 2.09. The molecule has 0 spiro atoms. The Kier molecular flexibility index (Phi) is 4.50. The molecule has 0 aliphatic carbocycles. The van der Waals surface area contributed by atoms with E-state index in [1.54, 1.807) is 6.07 Å². The highest BCUT2D eigenvalue weighted by molar-refractivity contribution is 5.51. The van der Waals surface area contributed by atoms with Crippen LogP contribution in [-0.4, -0.2) is 12.6 Å². The minimum Gasteiger partial charge on any atom is -0.311 e. The van der Waals surface area contributed by atoms with Crippen molar-refractivity contribution in [1.82, 2.24) is 5.32 Å². The lowest BCUT2D eigenvalue weighted by molar-refractivity contribution is 0.623. The van der Waals surface area contributed by atoms with E-state index >= 15 is 0 Å². The van der Waals surface area contributed by atoms with Gasteiger partial charge in [0.25, 0.3) is 0 Å². The zero-order valence-electron chi connectivity index (χ0n) is 9.55. The third kappa shape index (κ3) is 4.26. The van der Waals surface area contributed by atoms with E-state index in [-0.39, 0.29) is 5.82 Å². The molecule has 0 aliphatic heterocycles. The summed E-state index contributed by atoms with van der Waals surface area (Å²) in [5.41, 5.74) is 1.73. The van der Waals surface area contributed by atoms with Gasteiger partial charge in [-0.25, -0.2) is 4.39 Å². The summed E-state index contributed by atoms with van der Waals surface area (Å²) in [4.78, 5) is 0. The van der Waals surface area contributed by atoms with Crippen molar-refractivity contribution in [2.75, 3.05) is 6.54 Å². The van der Waals surface area contributed by atoms with Gasteiger partial charge in [0.05, 0.1) is 0 Å². The second-order valence-corrected chi connectivity index (χ2v) is 3.99. The van der Waals surface area contributed by atoms with Gasteiger partial charge in [-0.1, -0.05) is 37.6 Å². The molecular weight excluding hydrogens is 189 g/mol. The molecule has 1 aromatic rings. The standard InChI is InChI=1S/C13H18FN/c1-10(2)15-8-4-5-12-9-11(3)6-7-13(12)14/h4-7,9-10,15H,8H2,1-3H3/b5-4+. The maximum atomic E-state index is 13.3. The largest absolute Gasteiger partial charge is 0.311 e. The van der Waals surface area contributed by atoms with Crippen molar-refractivity contribution < 1.29 is 4.39 Å². The molecule has 0 amide bonds. The first-order chi connectivity index (χ1) is 7.09. The highest BCUT2D eigenvalue weighted by Crippen LogP contribution is 2.11. The van der Waals surface area contributed by atoms with E-state index in [9.17, 15) is 4.39 Å². The average molecular weight is 207 g/mol. The van der Waals surface area contributed by atoms with Gasteiger partial charge in [0.15, 0.2) is 0 Å². The molecule has 15 heavy (non-hydrogen) atoms. The number of aryl methyl sites for hydroxylation is 1. The van der Waals surface area contributed by atoms with Crippen LogP contribution in [-0.2, 0) is 0 Å². The van der Waals surface area contributed by atoms with Gasteiger partial charge in [-0.05, 0) is 19.1 Å². The zero-order chi connectivity index (χ0) is 11.3. The lowest BCUT2D eigenvalue weighted by atomic mass is 10.1. The molecule has 1 aromatic carbocycles. The fourth-order valence-corrected chi connectivity index (χ4v) is 1.28. The summed E-state index contributed by atoms with van der Waals surface area (Å²) in [6.07, 6.45) is 3.76. The maximum absolute atomic E-state index is 13.3. The zero-order valence-corrected chi connectivity index (χ0v) is 9.55. The molecule has 0 unspecified atom stereocenters. The second kappa shape index (κ2) is 5.66. The predicted octanol–water partition coefficient (Wildman–Crippen LogP) is 3.15. The normalized spacial score (nSPS) is 11.5. The smallest absolute Gasteiger partial charge is 0.130 e. The van der Waals surface area contributed by atoms with Gasteiger partial charge < -0.3 is 5.32 Å². The van der Waals surface area contributed by atoms with Crippen LogP contribution in [0.4, 0.5) is 4.39 Å². The Morgan fingerprint density at radius 1 is 1.40 bits per heavy atom. The molecule has 2 heteroatoms. The molecule has 0 radical (unpaired) electrons. The molecule has 82 valence electrons. The highest BCUT2D eigenvalue weighted by atomic mass is 19.1. The summed E-state index contributed by atoms with van der Waals surface area (Å²) in [5.74, 6) is -0.165. The molecule has 0 heterocycles. The Morgan fingerprint density at radius 3 is 2.80 bits per heavy atom. The number of hydrogen-bond acceptors (Lipinski definition) is 1. The first-order valence-corrected chi connectivity index (χ1v) is 5.25. The number of rotatable bonds is 4. The van der Waals surface area contributed by atoms with Crippen molar-refractivity contribution in [3.8, 4) is 0 Å². The molecular formula is C13H18FN. The Balaban J connectivity index is 2.59. The van der Waals surface area contributed by atoms with Gasteiger partial charge in [-0.15, -0.1) is 0 Å². The van der Waals surface area contributed by atoms with Crippen molar-refractivity contribution in [2.45, 2.75) is 26.8 Å². The van der Waals surface area contributed by atoms with Crippen LogP contribution in [0, 0.1) is 12.7 Å². The molecule has 0 fully saturated rings. The molecule has 1 N–H and O–H groups in total. The number of halogens is 1. The predicted molar refractivity (Wildman–Crippen MR) is 63.3 cm³/mol. The summed E-state index contributed by atoms with van der Waals surface area (Å²) in [6, 6.07) is 5.59. The molecule has 0 saturated heterocycles. The van der Waals surface area contributed by atoms with Crippen LogP contribution in [0.5, 0.6) is 0 Å². The molecule has 0 aliphatic rings. The molecule has 1 rings (SSSR count). The number of hydrogen-bond donors (Lipinski definition) is 1. The van der Waals surface area contributed by atoms with Crippen molar-refractivity contribution in [1.29, 1.82) is 0 Å². The Hall–Kier alpha value is -1.15. The molecule has 0 aromatic heterocycles. The van der Waals surface area contributed by atoms with E-state index < -0.39 is 0 Å². The fraction of sp³-hybridized carbons (Fsp3) is 0.385. The lowest BCUT2D eigenvalue weighted by Crippen LogP contribution is -2.22. The van der Waals surface area contributed by atoms with E-state index in [1.165, 1.54) is 6.07 Å². The Morgan fingerprint density at radius 2 is 2.13 bits per heavy atom. The summed E-state index contributed by atoms with van der Waals surface area (Å²) < 4.78 is 13.3. The molecule has 0 atom stereocenters. The van der Waals surface area contributed by atoms with Crippen LogP contribution in [0.15, 0.2) is 24.3 Å². The first kappa shape index (κ1) is 11.9. The van der Waals surface area contributed by atoms with E-state index in [4.69, 9.17) is 0 Å². The summed E-state index contributed by atoms with van der Waals surface area (Å²) in [7, 11) is 0. The van der Waals surface area contributed by atoms with E-state index in [0.717, 1.165) is 12.1 Å². The van der Waals surface area contributed by atoms with E-state index in [0.29, 0.717) is 11.6 Å². The van der Waals surface area contributed by atoms with Gasteiger partial charge in [0, 0.05) is 18.2 Å². The minimum absolute atomic E-state index is 0.165. The van der Waals surface area contributed by atoms with Crippen LogP contribution >= 0.6 is 0 Å². The van der Waals surface area contributed by atoms with Crippen LogP contribution in [0.1, 0.15) is 25.0 Å². The fourth-order valence-electron chi connectivity index (χ4n) is 1.28.